The molecule has 2 heterocycles. The number of rotatable bonds is 7. The molecular formula is C59H42N2. The molecule has 0 saturated carbocycles. The van der Waals surface area contributed by atoms with Crippen molar-refractivity contribution in [3.05, 3.63) is 218 Å². The summed E-state index contributed by atoms with van der Waals surface area (Å²) in [4.78, 5) is 0. The highest BCUT2D eigenvalue weighted by Crippen LogP contribution is 2.44. The third-order valence-electron chi connectivity index (χ3n) is 12.8. The first-order valence-electron chi connectivity index (χ1n) is 21.5. The van der Waals surface area contributed by atoms with Crippen LogP contribution in [0, 0.1) is 0 Å². The van der Waals surface area contributed by atoms with E-state index in [1.54, 1.807) is 0 Å². The van der Waals surface area contributed by atoms with Crippen LogP contribution in [-0.4, -0.2) is 9.13 Å². The molecule has 0 amide bonds. The van der Waals surface area contributed by atoms with Gasteiger partial charge >= 0.3 is 0 Å². The van der Waals surface area contributed by atoms with Gasteiger partial charge in [-0.2, -0.15) is 0 Å². The standard InChI is InChI=1S/C59H42N2/c1-2-14-39-25-35-56-52(37-39)53-38-43(40-26-31-44(32-27-40)60-54-23-12-10-17-46(54)47-18-11-13-24-55(47)60)30-36-57(53)61(56)45-33-28-42(29-34-45)59-50-21-8-6-19-48(50)58(41-15-4-3-5-16-41)49-20-7-9-22-51(49)59/h3-13,15-38H,2,14H2,1H3. The molecule has 0 aliphatic heterocycles. The number of fused-ring (bicyclic) bond motifs is 8. The van der Waals surface area contributed by atoms with Crippen LogP contribution < -0.4 is 0 Å². The normalized spacial score (nSPS) is 11.8. The summed E-state index contributed by atoms with van der Waals surface area (Å²) in [5.74, 6) is 0. The van der Waals surface area contributed by atoms with Gasteiger partial charge in [0.2, 0.25) is 0 Å². The second kappa shape index (κ2) is 14.3. The Morgan fingerprint density at radius 1 is 0.295 bits per heavy atom. The lowest BCUT2D eigenvalue weighted by molar-refractivity contribution is 0.923. The van der Waals surface area contributed by atoms with Crippen molar-refractivity contribution in [2.24, 2.45) is 0 Å². The van der Waals surface area contributed by atoms with E-state index < -0.39 is 0 Å². The van der Waals surface area contributed by atoms with Crippen molar-refractivity contribution in [2.45, 2.75) is 19.8 Å². The highest BCUT2D eigenvalue weighted by atomic mass is 15.0. The quantitative estimate of drug-likeness (QED) is 0.143. The highest BCUT2D eigenvalue weighted by Gasteiger charge is 2.19. The van der Waals surface area contributed by atoms with Crippen molar-refractivity contribution >= 4 is 65.2 Å². The van der Waals surface area contributed by atoms with E-state index in [1.165, 1.54) is 110 Å². The van der Waals surface area contributed by atoms with Crippen LogP contribution in [-0.2, 0) is 6.42 Å². The maximum Gasteiger partial charge on any atom is 0.0541 e. The van der Waals surface area contributed by atoms with Crippen LogP contribution in [0.25, 0.3) is 110 Å². The van der Waals surface area contributed by atoms with Gasteiger partial charge in [0.05, 0.1) is 22.1 Å². The summed E-state index contributed by atoms with van der Waals surface area (Å²) in [7, 11) is 0. The lowest BCUT2D eigenvalue weighted by Crippen LogP contribution is -1.95. The molecule has 2 aromatic heterocycles. The van der Waals surface area contributed by atoms with Crippen LogP contribution in [0.15, 0.2) is 212 Å². The molecular weight excluding hydrogens is 737 g/mol. The van der Waals surface area contributed by atoms with Crippen molar-refractivity contribution in [2.75, 3.05) is 0 Å². The summed E-state index contributed by atoms with van der Waals surface area (Å²) in [6.45, 7) is 2.26. The van der Waals surface area contributed by atoms with Gasteiger partial charge in [-0.25, -0.2) is 0 Å². The van der Waals surface area contributed by atoms with E-state index in [4.69, 9.17) is 0 Å². The van der Waals surface area contributed by atoms with Crippen LogP contribution in [0.4, 0.5) is 0 Å². The summed E-state index contributed by atoms with van der Waals surface area (Å²) in [5, 5.41) is 10.2. The largest absolute Gasteiger partial charge is 0.309 e. The highest BCUT2D eigenvalue weighted by molar-refractivity contribution is 6.21. The molecule has 10 aromatic carbocycles. The van der Waals surface area contributed by atoms with E-state index >= 15 is 0 Å². The number of nitrogens with zero attached hydrogens (tertiary/aromatic N) is 2. The van der Waals surface area contributed by atoms with E-state index in [-0.39, 0.29) is 0 Å². The smallest absolute Gasteiger partial charge is 0.0541 e. The molecule has 12 rings (SSSR count). The number of para-hydroxylation sites is 2. The molecule has 12 aromatic rings. The Morgan fingerprint density at radius 2 is 0.689 bits per heavy atom. The number of aryl methyl sites for hydroxylation is 1. The van der Waals surface area contributed by atoms with Crippen molar-refractivity contribution in [3.63, 3.8) is 0 Å². The van der Waals surface area contributed by atoms with Crippen molar-refractivity contribution < 1.29 is 0 Å². The van der Waals surface area contributed by atoms with E-state index in [9.17, 15) is 0 Å². The number of aromatic nitrogens is 2. The van der Waals surface area contributed by atoms with Gasteiger partial charge in [0.25, 0.3) is 0 Å². The van der Waals surface area contributed by atoms with Gasteiger partial charge in [0.1, 0.15) is 0 Å². The van der Waals surface area contributed by atoms with E-state index in [2.05, 4.69) is 228 Å². The summed E-state index contributed by atoms with van der Waals surface area (Å²) >= 11 is 0. The van der Waals surface area contributed by atoms with E-state index in [0.29, 0.717) is 0 Å². The zero-order chi connectivity index (χ0) is 40.4. The predicted molar refractivity (Wildman–Crippen MR) is 260 cm³/mol. The lowest BCUT2D eigenvalue weighted by Gasteiger charge is -2.18. The maximum absolute atomic E-state index is 2.45. The molecule has 0 unspecified atom stereocenters. The van der Waals surface area contributed by atoms with Crippen LogP contribution in [0.5, 0.6) is 0 Å². The number of hydrogen-bond acceptors (Lipinski definition) is 0. The molecule has 0 bridgehead atoms. The minimum atomic E-state index is 1.06. The van der Waals surface area contributed by atoms with Gasteiger partial charge < -0.3 is 9.13 Å². The summed E-state index contributed by atoms with van der Waals surface area (Å²) < 4.78 is 4.84. The third kappa shape index (κ3) is 5.64. The zero-order valence-electron chi connectivity index (χ0n) is 34.0. The Labute approximate surface area is 355 Å². The Morgan fingerprint density at radius 3 is 1.21 bits per heavy atom. The van der Waals surface area contributed by atoms with Gasteiger partial charge in [-0.1, -0.05) is 165 Å². The molecule has 2 heteroatoms. The molecule has 0 N–H and O–H groups in total. The topological polar surface area (TPSA) is 9.86 Å². The lowest BCUT2D eigenvalue weighted by atomic mass is 9.86. The molecule has 2 nitrogen and oxygen atoms in total. The molecule has 0 saturated heterocycles. The molecule has 0 aliphatic rings. The fourth-order valence-electron chi connectivity index (χ4n) is 10.1. The first-order valence-corrected chi connectivity index (χ1v) is 21.5. The zero-order valence-corrected chi connectivity index (χ0v) is 34.0. The van der Waals surface area contributed by atoms with Gasteiger partial charge in [0, 0.05) is 32.9 Å². The van der Waals surface area contributed by atoms with Crippen LogP contribution in [0.2, 0.25) is 0 Å². The summed E-state index contributed by atoms with van der Waals surface area (Å²) in [5.41, 5.74) is 16.0. The van der Waals surface area contributed by atoms with Crippen LogP contribution in [0.3, 0.4) is 0 Å². The molecule has 0 radical (unpaired) electrons. The number of benzene rings is 10. The fraction of sp³-hybridized carbons (Fsp3) is 0.0508. The van der Waals surface area contributed by atoms with Gasteiger partial charge in [-0.3, -0.25) is 0 Å². The Hall–Kier alpha value is -7.68. The average Bonchev–Trinajstić information content (AvgIpc) is 3.83. The molecule has 288 valence electrons. The van der Waals surface area contributed by atoms with Gasteiger partial charge in [-0.05, 0) is 128 Å². The monoisotopic (exact) mass is 778 g/mol. The van der Waals surface area contributed by atoms with Crippen LogP contribution in [0.1, 0.15) is 18.9 Å². The second-order valence-electron chi connectivity index (χ2n) is 16.3. The SMILES string of the molecule is CCCc1ccc2c(c1)c1cc(-c3ccc(-n4c5ccccc5c5ccccc54)cc3)ccc1n2-c1ccc(-c2c3ccccc3c(-c3ccccc3)c3ccccc23)cc1. The maximum atomic E-state index is 2.45. The van der Waals surface area contributed by atoms with Crippen LogP contribution >= 0.6 is 0 Å². The van der Waals surface area contributed by atoms with E-state index in [0.717, 1.165) is 18.5 Å². The van der Waals surface area contributed by atoms with Crippen molar-refractivity contribution in [3.8, 4) is 44.8 Å². The first-order chi connectivity index (χ1) is 30.2. The van der Waals surface area contributed by atoms with Crippen molar-refractivity contribution in [1.29, 1.82) is 0 Å². The minimum Gasteiger partial charge on any atom is -0.309 e. The Balaban J connectivity index is 0.977. The van der Waals surface area contributed by atoms with Crippen molar-refractivity contribution in [1.82, 2.24) is 9.13 Å². The van der Waals surface area contributed by atoms with Gasteiger partial charge in [0.15, 0.2) is 0 Å². The molecule has 0 spiro atoms. The molecule has 61 heavy (non-hydrogen) atoms. The minimum absolute atomic E-state index is 1.06. The fourth-order valence-corrected chi connectivity index (χ4v) is 10.1. The number of hydrogen-bond donors (Lipinski definition) is 0. The third-order valence-corrected chi connectivity index (χ3v) is 12.8. The van der Waals surface area contributed by atoms with E-state index in [1.807, 2.05) is 0 Å². The molecule has 0 atom stereocenters. The summed E-state index contributed by atoms with van der Waals surface area (Å²) in [6, 6.07) is 78.5. The predicted octanol–water partition coefficient (Wildman–Crippen LogP) is 16.1. The van der Waals surface area contributed by atoms with Gasteiger partial charge in [-0.15, -0.1) is 0 Å². The molecule has 0 aliphatic carbocycles. The first kappa shape index (κ1) is 35.3. The molecule has 0 fully saturated rings. The Bertz CT molecular complexity index is 3510. The average molecular weight is 779 g/mol. The second-order valence-corrected chi connectivity index (χ2v) is 16.3. The Kier molecular flexibility index (Phi) is 8.24. The summed E-state index contributed by atoms with van der Waals surface area (Å²) in [6.07, 6.45) is 2.18.